The lowest BCUT2D eigenvalue weighted by atomic mass is 9.93. The number of anilines is 1. The summed E-state index contributed by atoms with van der Waals surface area (Å²) in [6.07, 6.45) is 2.12. The second kappa shape index (κ2) is 6.25. The Hall–Kier alpha value is -3.22. The number of benzene rings is 1. The maximum absolute atomic E-state index is 12.8. The Morgan fingerprint density at radius 1 is 1.23 bits per heavy atom. The number of aromatic nitrogens is 4. The summed E-state index contributed by atoms with van der Waals surface area (Å²) < 4.78 is 0. The SMILES string of the molecule is Cc1nc(-c2cccc(NC(=O)c3c(C)[nH]c4c3C(=O)CCC4)c2)n[nH]1. The van der Waals surface area contributed by atoms with Gasteiger partial charge in [0, 0.05) is 29.1 Å². The zero-order valence-corrected chi connectivity index (χ0v) is 14.6. The van der Waals surface area contributed by atoms with Crippen LogP contribution < -0.4 is 5.32 Å². The molecule has 4 rings (SSSR count). The van der Waals surface area contributed by atoms with Crippen LogP contribution in [0.1, 0.15) is 50.8 Å². The molecule has 7 heteroatoms. The third-order valence-corrected chi connectivity index (χ3v) is 4.58. The van der Waals surface area contributed by atoms with Gasteiger partial charge in [-0.15, -0.1) is 0 Å². The number of aromatic amines is 2. The van der Waals surface area contributed by atoms with Crippen LogP contribution in [-0.2, 0) is 6.42 Å². The lowest BCUT2D eigenvalue weighted by molar-refractivity contribution is 0.0956. The lowest BCUT2D eigenvalue weighted by Gasteiger charge is -2.12. The van der Waals surface area contributed by atoms with E-state index in [1.807, 2.05) is 32.0 Å². The highest BCUT2D eigenvalue weighted by atomic mass is 16.2. The zero-order valence-electron chi connectivity index (χ0n) is 14.6. The number of aryl methyl sites for hydroxylation is 3. The number of carbonyl (C=O) groups excluding carboxylic acids is 2. The molecule has 0 fully saturated rings. The van der Waals surface area contributed by atoms with Crippen molar-refractivity contribution in [3.05, 3.63) is 52.6 Å². The van der Waals surface area contributed by atoms with Crippen LogP contribution in [0, 0.1) is 13.8 Å². The van der Waals surface area contributed by atoms with E-state index >= 15 is 0 Å². The molecule has 0 spiro atoms. The van der Waals surface area contributed by atoms with E-state index in [0.717, 1.165) is 35.6 Å². The number of rotatable bonds is 3. The Labute approximate surface area is 150 Å². The minimum Gasteiger partial charge on any atom is -0.361 e. The first kappa shape index (κ1) is 16.3. The molecule has 2 heterocycles. The fraction of sp³-hybridized carbons (Fsp3) is 0.263. The Morgan fingerprint density at radius 2 is 2.08 bits per heavy atom. The molecule has 26 heavy (non-hydrogen) atoms. The first-order chi connectivity index (χ1) is 12.5. The largest absolute Gasteiger partial charge is 0.361 e. The number of nitrogens with zero attached hydrogens (tertiary/aromatic N) is 2. The van der Waals surface area contributed by atoms with Gasteiger partial charge in [-0.2, -0.15) is 5.10 Å². The molecule has 0 unspecified atom stereocenters. The summed E-state index contributed by atoms with van der Waals surface area (Å²) >= 11 is 0. The van der Waals surface area contributed by atoms with Gasteiger partial charge in [-0.25, -0.2) is 4.98 Å². The number of hydrogen-bond acceptors (Lipinski definition) is 4. The van der Waals surface area contributed by atoms with Gasteiger partial charge in [-0.1, -0.05) is 12.1 Å². The van der Waals surface area contributed by atoms with Crippen molar-refractivity contribution >= 4 is 17.4 Å². The van der Waals surface area contributed by atoms with Crippen molar-refractivity contribution in [2.24, 2.45) is 0 Å². The van der Waals surface area contributed by atoms with E-state index in [1.165, 1.54) is 0 Å². The van der Waals surface area contributed by atoms with Gasteiger partial charge in [-0.3, -0.25) is 14.7 Å². The summed E-state index contributed by atoms with van der Waals surface area (Å²) in [6, 6.07) is 7.33. The molecule has 2 aromatic heterocycles. The van der Waals surface area contributed by atoms with Crippen molar-refractivity contribution in [3.8, 4) is 11.4 Å². The Kier molecular flexibility index (Phi) is 3.91. The van der Waals surface area contributed by atoms with Gasteiger partial charge in [0.25, 0.3) is 5.91 Å². The van der Waals surface area contributed by atoms with Gasteiger partial charge in [0.2, 0.25) is 0 Å². The molecular weight excluding hydrogens is 330 g/mol. The van der Waals surface area contributed by atoms with Crippen molar-refractivity contribution in [1.82, 2.24) is 20.2 Å². The lowest BCUT2D eigenvalue weighted by Crippen LogP contribution is -2.18. The molecule has 3 N–H and O–H groups in total. The summed E-state index contributed by atoms with van der Waals surface area (Å²) in [4.78, 5) is 32.6. The predicted molar refractivity (Wildman–Crippen MR) is 97.3 cm³/mol. The summed E-state index contributed by atoms with van der Waals surface area (Å²) in [5.41, 5.74) is 4.02. The fourth-order valence-electron chi connectivity index (χ4n) is 3.42. The summed E-state index contributed by atoms with van der Waals surface area (Å²) in [7, 11) is 0. The van der Waals surface area contributed by atoms with Crippen molar-refractivity contribution in [3.63, 3.8) is 0 Å². The smallest absolute Gasteiger partial charge is 0.258 e. The minimum absolute atomic E-state index is 0.0331. The van der Waals surface area contributed by atoms with Gasteiger partial charge in [0.1, 0.15) is 5.82 Å². The molecule has 0 atom stereocenters. The Balaban J connectivity index is 1.64. The summed E-state index contributed by atoms with van der Waals surface area (Å²) in [5.74, 6) is 1.05. The van der Waals surface area contributed by atoms with E-state index in [2.05, 4.69) is 25.5 Å². The van der Waals surface area contributed by atoms with E-state index in [-0.39, 0.29) is 11.7 Å². The topological polar surface area (TPSA) is 104 Å². The molecule has 132 valence electrons. The van der Waals surface area contributed by atoms with Crippen LogP contribution in [0.5, 0.6) is 0 Å². The Morgan fingerprint density at radius 3 is 2.85 bits per heavy atom. The number of carbonyl (C=O) groups is 2. The standard InChI is InChI=1S/C19H19N5O2/c1-10-16(17-14(20-10)7-4-8-15(17)25)19(26)22-13-6-3-5-12(9-13)18-21-11(2)23-24-18/h3,5-6,9,20H,4,7-8H2,1-2H3,(H,22,26)(H,21,23,24). The molecule has 1 aromatic carbocycles. The van der Waals surface area contributed by atoms with Crippen LogP contribution in [0.4, 0.5) is 5.69 Å². The van der Waals surface area contributed by atoms with Gasteiger partial charge in [0.15, 0.2) is 11.6 Å². The second-order valence-electron chi connectivity index (χ2n) is 6.53. The van der Waals surface area contributed by atoms with E-state index < -0.39 is 0 Å². The van der Waals surface area contributed by atoms with Gasteiger partial charge in [-0.05, 0) is 38.8 Å². The molecule has 1 aliphatic carbocycles. The predicted octanol–water partition coefficient (Wildman–Crippen LogP) is 3.19. The highest BCUT2D eigenvalue weighted by molar-refractivity contribution is 6.14. The third kappa shape index (κ3) is 2.81. The number of ketones is 1. The van der Waals surface area contributed by atoms with E-state index in [1.54, 1.807) is 6.07 Å². The maximum atomic E-state index is 12.8. The average Bonchev–Trinajstić information content (AvgIpc) is 3.18. The van der Waals surface area contributed by atoms with E-state index in [9.17, 15) is 9.59 Å². The van der Waals surface area contributed by atoms with Gasteiger partial charge in [0.05, 0.1) is 11.1 Å². The molecule has 0 saturated carbocycles. The molecule has 0 aliphatic heterocycles. The fourth-order valence-corrected chi connectivity index (χ4v) is 3.42. The molecule has 0 saturated heterocycles. The molecule has 0 bridgehead atoms. The minimum atomic E-state index is -0.279. The third-order valence-electron chi connectivity index (χ3n) is 4.58. The first-order valence-electron chi connectivity index (χ1n) is 8.58. The number of hydrogen-bond donors (Lipinski definition) is 3. The average molecular weight is 349 g/mol. The van der Waals surface area contributed by atoms with Crippen molar-refractivity contribution < 1.29 is 9.59 Å². The zero-order chi connectivity index (χ0) is 18.3. The van der Waals surface area contributed by atoms with Gasteiger partial charge < -0.3 is 10.3 Å². The number of H-pyrrole nitrogens is 2. The number of amides is 1. The van der Waals surface area contributed by atoms with Gasteiger partial charge >= 0.3 is 0 Å². The monoisotopic (exact) mass is 349 g/mol. The second-order valence-corrected chi connectivity index (χ2v) is 6.53. The Bertz CT molecular complexity index is 1010. The van der Waals surface area contributed by atoms with Crippen LogP contribution in [0.3, 0.4) is 0 Å². The van der Waals surface area contributed by atoms with Crippen molar-refractivity contribution in [2.45, 2.75) is 33.1 Å². The summed E-state index contributed by atoms with van der Waals surface area (Å²) in [6.45, 7) is 3.66. The van der Waals surface area contributed by atoms with Crippen LogP contribution in [-0.4, -0.2) is 31.9 Å². The van der Waals surface area contributed by atoms with Crippen LogP contribution in [0.15, 0.2) is 24.3 Å². The van der Waals surface area contributed by atoms with Crippen molar-refractivity contribution in [2.75, 3.05) is 5.32 Å². The quantitative estimate of drug-likeness (QED) is 0.675. The highest BCUT2D eigenvalue weighted by Crippen LogP contribution is 2.28. The molecular formula is C19H19N5O2. The maximum Gasteiger partial charge on any atom is 0.258 e. The first-order valence-corrected chi connectivity index (χ1v) is 8.58. The number of nitrogens with one attached hydrogen (secondary N) is 3. The molecule has 0 radical (unpaired) electrons. The molecule has 1 aliphatic rings. The van der Waals surface area contributed by atoms with E-state index in [0.29, 0.717) is 29.1 Å². The summed E-state index contributed by atoms with van der Waals surface area (Å²) in [5, 5.41) is 9.84. The number of fused-ring (bicyclic) bond motifs is 1. The van der Waals surface area contributed by atoms with Crippen LogP contribution in [0.25, 0.3) is 11.4 Å². The van der Waals surface area contributed by atoms with Crippen LogP contribution in [0.2, 0.25) is 0 Å². The molecule has 3 aromatic rings. The normalized spacial score (nSPS) is 13.5. The van der Waals surface area contributed by atoms with Crippen LogP contribution >= 0.6 is 0 Å². The van der Waals surface area contributed by atoms with E-state index in [4.69, 9.17) is 0 Å². The molecule has 7 nitrogen and oxygen atoms in total. The van der Waals surface area contributed by atoms with Crippen molar-refractivity contribution in [1.29, 1.82) is 0 Å². The highest BCUT2D eigenvalue weighted by Gasteiger charge is 2.28. The number of Topliss-reactive ketones (excluding diaryl/α,β-unsaturated/α-hetero) is 1. The molecule has 1 amide bonds.